The van der Waals surface area contributed by atoms with Gasteiger partial charge < -0.3 is 15.0 Å². The molecule has 29 heavy (non-hydrogen) atoms. The number of hydrogen-bond acceptors (Lipinski definition) is 4. The lowest BCUT2D eigenvalue weighted by atomic mass is 9.87. The second-order valence-electron chi connectivity index (χ2n) is 7.83. The third-order valence-corrected chi connectivity index (χ3v) is 5.42. The van der Waals surface area contributed by atoms with Crippen molar-refractivity contribution in [3.8, 4) is 5.75 Å². The number of likely N-dealkylation sites (tertiary alicyclic amines) is 1. The largest absolute Gasteiger partial charge is 0.493 e. The molecule has 0 unspecified atom stereocenters. The van der Waals surface area contributed by atoms with E-state index in [-0.39, 0.29) is 23.9 Å². The molecule has 2 aliphatic heterocycles. The minimum atomic E-state index is -0.873. The summed E-state index contributed by atoms with van der Waals surface area (Å²) >= 11 is 0. The number of nitrogens with one attached hydrogen (secondary N) is 1. The Labute approximate surface area is 171 Å². The molecule has 4 amide bonds. The van der Waals surface area contributed by atoms with Crippen LogP contribution in [-0.2, 0) is 9.59 Å². The molecular weight excluding hydrogens is 370 g/mol. The summed E-state index contributed by atoms with van der Waals surface area (Å²) in [5.41, 5.74) is -0.0174. The van der Waals surface area contributed by atoms with Gasteiger partial charge in [0.05, 0.1) is 6.61 Å². The van der Waals surface area contributed by atoms with E-state index in [1.807, 2.05) is 45.0 Å². The summed E-state index contributed by atoms with van der Waals surface area (Å²) in [5, 5.41) is 2.86. The van der Waals surface area contributed by atoms with Crippen LogP contribution in [0.4, 0.5) is 4.79 Å². The molecule has 0 atom stereocenters. The van der Waals surface area contributed by atoms with E-state index in [1.165, 1.54) is 4.90 Å². The van der Waals surface area contributed by atoms with Crippen LogP contribution in [0.1, 0.15) is 45.6 Å². The minimum absolute atomic E-state index is 0.109. The number of para-hydroxylation sites is 1. The number of carbonyl (C=O) groups is 3. The van der Waals surface area contributed by atoms with E-state index >= 15 is 0 Å². The van der Waals surface area contributed by atoms with Gasteiger partial charge >= 0.3 is 6.03 Å². The van der Waals surface area contributed by atoms with E-state index < -0.39 is 5.54 Å². The zero-order chi connectivity index (χ0) is 21.0. The first-order valence-electron chi connectivity index (χ1n) is 10.2. The molecule has 7 nitrogen and oxygen atoms in total. The Hall–Kier alpha value is -2.83. The average molecular weight is 399 g/mol. The van der Waals surface area contributed by atoms with Crippen molar-refractivity contribution in [2.75, 3.05) is 19.7 Å². The number of hydrogen-bond donors (Lipinski definition) is 1. The lowest BCUT2D eigenvalue weighted by Crippen LogP contribution is -2.55. The molecule has 0 bridgehead atoms. The predicted octanol–water partition coefficient (Wildman–Crippen LogP) is 2.81. The molecule has 1 aromatic carbocycles. The van der Waals surface area contributed by atoms with Crippen molar-refractivity contribution in [1.82, 2.24) is 15.1 Å². The first-order chi connectivity index (χ1) is 13.9. The zero-order valence-corrected chi connectivity index (χ0v) is 17.3. The number of benzene rings is 1. The summed E-state index contributed by atoms with van der Waals surface area (Å²) in [6.07, 6.45) is 5.07. The van der Waals surface area contributed by atoms with Crippen molar-refractivity contribution in [2.45, 2.75) is 51.6 Å². The highest BCUT2D eigenvalue weighted by molar-refractivity contribution is 6.07. The van der Waals surface area contributed by atoms with Crippen molar-refractivity contribution in [1.29, 1.82) is 0 Å². The van der Waals surface area contributed by atoms with E-state index in [0.717, 1.165) is 17.7 Å². The molecule has 2 heterocycles. The summed E-state index contributed by atoms with van der Waals surface area (Å²) in [4.78, 5) is 40.6. The number of nitrogens with zero attached hydrogens (tertiary/aromatic N) is 2. The van der Waals surface area contributed by atoms with Gasteiger partial charge in [-0.15, -0.1) is 0 Å². The fourth-order valence-electron chi connectivity index (χ4n) is 3.79. The van der Waals surface area contributed by atoms with Crippen molar-refractivity contribution in [3.05, 3.63) is 35.9 Å². The van der Waals surface area contributed by atoms with Gasteiger partial charge in [-0.2, -0.15) is 0 Å². The van der Waals surface area contributed by atoms with Crippen molar-refractivity contribution in [3.63, 3.8) is 0 Å². The SMILES string of the molecule is CCCOc1ccccc1/C=C/C(=O)N1CCC2(CC1)NC(=O)N(C(C)C)C2=O. The van der Waals surface area contributed by atoms with Crippen LogP contribution in [0.5, 0.6) is 5.75 Å². The predicted molar refractivity (Wildman–Crippen MR) is 110 cm³/mol. The Morgan fingerprint density at radius 2 is 1.93 bits per heavy atom. The first kappa shape index (κ1) is 20.9. The van der Waals surface area contributed by atoms with Crippen LogP contribution in [0.15, 0.2) is 30.3 Å². The zero-order valence-electron chi connectivity index (χ0n) is 17.3. The van der Waals surface area contributed by atoms with Gasteiger partial charge in [0, 0.05) is 30.8 Å². The minimum Gasteiger partial charge on any atom is -0.493 e. The molecule has 2 fully saturated rings. The van der Waals surface area contributed by atoms with Gasteiger partial charge in [-0.3, -0.25) is 14.5 Å². The molecular formula is C22H29N3O4. The van der Waals surface area contributed by atoms with Gasteiger partial charge in [-0.25, -0.2) is 4.79 Å². The molecule has 1 N–H and O–H groups in total. The number of urea groups is 1. The quantitative estimate of drug-likeness (QED) is 0.589. The van der Waals surface area contributed by atoms with Gasteiger partial charge in [-0.05, 0) is 45.3 Å². The van der Waals surface area contributed by atoms with Crippen LogP contribution >= 0.6 is 0 Å². The molecule has 2 aliphatic rings. The van der Waals surface area contributed by atoms with Crippen molar-refractivity contribution < 1.29 is 19.1 Å². The molecule has 3 rings (SSSR count). The van der Waals surface area contributed by atoms with Crippen LogP contribution in [0, 0.1) is 0 Å². The number of ether oxygens (including phenoxy) is 1. The molecule has 1 spiro atoms. The maximum absolute atomic E-state index is 12.8. The van der Waals surface area contributed by atoms with Gasteiger partial charge in [0.1, 0.15) is 11.3 Å². The molecule has 0 aromatic heterocycles. The highest BCUT2D eigenvalue weighted by Gasteiger charge is 2.53. The lowest BCUT2D eigenvalue weighted by Gasteiger charge is -2.37. The Morgan fingerprint density at radius 1 is 1.24 bits per heavy atom. The summed E-state index contributed by atoms with van der Waals surface area (Å²) in [6, 6.07) is 7.09. The third-order valence-electron chi connectivity index (χ3n) is 5.42. The normalized spacial score (nSPS) is 18.8. The summed E-state index contributed by atoms with van der Waals surface area (Å²) in [5.74, 6) is 0.466. The Balaban J connectivity index is 1.62. The highest BCUT2D eigenvalue weighted by atomic mass is 16.5. The topological polar surface area (TPSA) is 79.0 Å². The Morgan fingerprint density at radius 3 is 2.55 bits per heavy atom. The maximum atomic E-state index is 12.8. The Kier molecular flexibility index (Phi) is 6.25. The number of rotatable bonds is 6. The number of amides is 4. The standard InChI is InChI=1S/C22H29N3O4/c1-4-15-29-18-8-6-5-7-17(18)9-10-19(26)24-13-11-22(12-14-24)20(27)25(16(2)3)21(28)23-22/h5-10,16H,4,11-15H2,1-3H3,(H,23,28)/b10-9+. The van der Waals surface area contributed by atoms with E-state index in [1.54, 1.807) is 17.1 Å². The number of imide groups is 1. The van der Waals surface area contributed by atoms with Crippen LogP contribution < -0.4 is 10.1 Å². The smallest absolute Gasteiger partial charge is 0.325 e. The van der Waals surface area contributed by atoms with Crippen LogP contribution in [0.3, 0.4) is 0 Å². The van der Waals surface area contributed by atoms with Gasteiger partial charge in [0.25, 0.3) is 5.91 Å². The van der Waals surface area contributed by atoms with Crippen LogP contribution in [0.25, 0.3) is 6.08 Å². The fourth-order valence-corrected chi connectivity index (χ4v) is 3.79. The molecule has 2 saturated heterocycles. The third kappa shape index (κ3) is 4.28. The average Bonchev–Trinajstić information content (AvgIpc) is 2.95. The second kappa shape index (κ2) is 8.68. The summed E-state index contributed by atoms with van der Waals surface area (Å²) in [6.45, 7) is 7.16. The van der Waals surface area contributed by atoms with Crippen LogP contribution in [0.2, 0.25) is 0 Å². The monoisotopic (exact) mass is 399 g/mol. The van der Waals surface area contributed by atoms with E-state index in [0.29, 0.717) is 32.5 Å². The fraction of sp³-hybridized carbons (Fsp3) is 0.500. The molecule has 0 radical (unpaired) electrons. The summed E-state index contributed by atoms with van der Waals surface area (Å²) in [7, 11) is 0. The van der Waals surface area contributed by atoms with Crippen LogP contribution in [-0.4, -0.2) is 58.9 Å². The van der Waals surface area contributed by atoms with Crippen molar-refractivity contribution >= 4 is 23.9 Å². The molecule has 0 aliphatic carbocycles. The highest BCUT2D eigenvalue weighted by Crippen LogP contribution is 2.30. The molecule has 7 heteroatoms. The Bertz CT molecular complexity index is 810. The van der Waals surface area contributed by atoms with Crippen molar-refractivity contribution in [2.24, 2.45) is 0 Å². The lowest BCUT2D eigenvalue weighted by molar-refractivity contribution is -0.137. The first-order valence-corrected chi connectivity index (χ1v) is 10.2. The molecule has 0 saturated carbocycles. The second-order valence-corrected chi connectivity index (χ2v) is 7.83. The van der Waals surface area contributed by atoms with E-state index in [4.69, 9.17) is 4.74 Å². The summed E-state index contributed by atoms with van der Waals surface area (Å²) < 4.78 is 5.72. The number of piperidine rings is 1. The molecule has 156 valence electrons. The number of carbonyl (C=O) groups excluding carboxylic acids is 3. The van der Waals surface area contributed by atoms with Gasteiger partial charge in [0.15, 0.2) is 0 Å². The van der Waals surface area contributed by atoms with E-state index in [9.17, 15) is 14.4 Å². The van der Waals surface area contributed by atoms with E-state index in [2.05, 4.69) is 5.32 Å². The van der Waals surface area contributed by atoms with Gasteiger partial charge in [-0.1, -0.05) is 25.1 Å². The molecule has 1 aromatic rings. The van der Waals surface area contributed by atoms with Gasteiger partial charge in [0.2, 0.25) is 5.91 Å². The maximum Gasteiger partial charge on any atom is 0.325 e.